The van der Waals surface area contributed by atoms with E-state index in [0.29, 0.717) is 18.7 Å². The van der Waals surface area contributed by atoms with Crippen LogP contribution in [-0.4, -0.2) is 17.4 Å². The summed E-state index contributed by atoms with van der Waals surface area (Å²) < 4.78 is 5.81. The largest absolute Gasteiger partial charge is 0.494 e. The van der Waals surface area contributed by atoms with Crippen LogP contribution >= 0.6 is 0 Å². The lowest BCUT2D eigenvalue weighted by molar-refractivity contribution is 0.0666. The first-order valence-corrected chi connectivity index (χ1v) is 9.69. The van der Waals surface area contributed by atoms with Crippen LogP contribution in [0.15, 0.2) is 78.9 Å². The van der Waals surface area contributed by atoms with Gasteiger partial charge in [-0.2, -0.15) is 0 Å². The number of rotatable bonds is 6. The number of hydrogen-bond donors (Lipinski definition) is 1. The molecule has 1 amide bonds. The molecule has 0 saturated heterocycles. The Balaban J connectivity index is 1.71. The fourth-order valence-electron chi connectivity index (χ4n) is 3.49. The van der Waals surface area contributed by atoms with E-state index in [2.05, 4.69) is 12.2 Å². The molecule has 4 nitrogen and oxygen atoms in total. The Morgan fingerprint density at radius 2 is 1.75 bits per heavy atom. The third kappa shape index (κ3) is 3.72. The molecule has 1 aliphatic heterocycles. The summed E-state index contributed by atoms with van der Waals surface area (Å²) in [6.45, 7) is 3.30. The SMILES string of the molecule is CCCOc1cccc(C2Nc3ccccc3C(=O)N2Cc2ccccc2)c1. The molecular weight excluding hydrogens is 348 g/mol. The van der Waals surface area contributed by atoms with Gasteiger partial charge in [0.2, 0.25) is 0 Å². The van der Waals surface area contributed by atoms with Crippen LogP contribution in [0.1, 0.15) is 41.0 Å². The number of amides is 1. The Hall–Kier alpha value is -3.27. The van der Waals surface area contributed by atoms with Crippen LogP contribution in [0, 0.1) is 0 Å². The first kappa shape index (κ1) is 18.1. The van der Waals surface area contributed by atoms with E-state index in [4.69, 9.17) is 4.74 Å². The van der Waals surface area contributed by atoms with Gasteiger partial charge in [-0.25, -0.2) is 0 Å². The lowest BCUT2D eigenvalue weighted by Gasteiger charge is -2.38. The van der Waals surface area contributed by atoms with Crippen LogP contribution in [-0.2, 0) is 6.54 Å². The molecule has 1 heterocycles. The number of anilines is 1. The van der Waals surface area contributed by atoms with Gasteiger partial charge in [-0.1, -0.05) is 61.5 Å². The number of benzene rings is 3. The molecule has 0 bridgehead atoms. The third-order valence-corrected chi connectivity index (χ3v) is 4.86. The van der Waals surface area contributed by atoms with E-state index in [-0.39, 0.29) is 12.1 Å². The highest BCUT2D eigenvalue weighted by atomic mass is 16.5. The topological polar surface area (TPSA) is 41.6 Å². The summed E-state index contributed by atoms with van der Waals surface area (Å²) in [4.78, 5) is 15.2. The average Bonchev–Trinajstić information content (AvgIpc) is 2.75. The van der Waals surface area contributed by atoms with Crippen LogP contribution in [0.3, 0.4) is 0 Å². The minimum Gasteiger partial charge on any atom is -0.494 e. The van der Waals surface area contributed by atoms with E-state index in [1.807, 2.05) is 83.8 Å². The minimum absolute atomic E-state index is 0.0306. The number of carbonyl (C=O) groups excluding carboxylic acids is 1. The minimum atomic E-state index is -0.257. The highest BCUT2D eigenvalue weighted by molar-refractivity contribution is 6.01. The van der Waals surface area contributed by atoms with Gasteiger partial charge in [0, 0.05) is 12.2 Å². The quantitative estimate of drug-likeness (QED) is 0.643. The van der Waals surface area contributed by atoms with Crippen molar-refractivity contribution in [1.29, 1.82) is 0 Å². The van der Waals surface area contributed by atoms with Crippen molar-refractivity contribution < 1.29 is 9.53 Å². The van der Waals surface area contributed by atoms with Gasteiger partial charge < -0.3 is 15.0 Å². The van der Waals surface area contributed by atoms with Crippen LogP contribution in [0.2, 0.25) is 0 Å². The lowest BCUT2D eigenvalue weighted by atomic mass is 10.0. The molecule has 1 unspecified atom stereocenters. The Kier molecular flexibility index (Phi) is 5.29. The van der Waals surface area contributed by atoms with Crippen LogP contribution < -0.4 is 10.1 Å². The van der Waals surface area contributed by atoms with Crippen LogP contribution in [0.4, 0.5) is 5.69 Å². The molecule has 142 valence electrons. The van der Waals surface area contributed by atoms with Gasteiger partial charge in [0.05, 0.1) is 12.2 Å². The summed E-state index contributed by atoms with van der Waals surface area (Å²) in [6, 6.07) is 25.8. The molecule has 0 aliphatic carbocycles. The Morgan fingerprint density at radius 1 is 0.964 bits per heavy atom. The number of nitrogens with one attached hydrogen (secondary N) is 1. The number of hydrogen-bond acceptors (Lipinski definition) is 3. The summed E-state index contributed by atoms with van der Waals surface area (Å²) in [5, 5.41) is 3.55. The number of para-hydroxylation sites is 1. The molecule has 28 heavy (non-hydrogen) atoms. The van der Waals surface area contributed by atoms with Crippen molar-refractivity contribution in [3.05, 3.63) is 95.6 Å². The predicted molar refractivity (Wildman–Crippen MR) is 111 cm³/mol. The summed E-state index contributed by atoms with van der Waals surface area (Å²) in [5.41, 5.74) is 3.67. The summed E-state index contributed by atoms with van der Waals surface area (Å²) in [6.07, 6.45) is 0.700. The van der Waals surface area contributed by atoms with E-state index >= 15 is 0 Å². The first-order chi connectivity index (χ1) is 13.8. The van der Waals surface area contributed by atoms with Crippen LogP contribution in [0.5, 0.6) is 5.75 Å². The van der Waals surface area contributed by atoms with Crippen molar-refractivity contribution in [2.45, 2.75) is 26.1 Å². The second-order valence-corrected chi connectivity index (χ2v) is 6.93. The van der Waals surface area contributed by atoms with Gasteiger partial charge in [0.15, 0.2) is 0 Å². The first-order valence-electron chi connectivity index (χ1n) is 9.69. The summed E-state index contributed by atoms with van der Waals surface area (Å²) in [7, 11) is 0. The molecule has 4 rings (SSSR count). The van der Waals surface area contributed by atoms with Gasteiger partial charge in [-0.3, -0.25) is 4.79 Å². The van der Waals surface area contributed by atoms with E-state index in [9.17, 15) is 4.79 Å². The second-order valence-electron chi connectivity index (χ2n) is 6.93. The van der Waals surface area contributed by atoms with E-state index < -0.39 is 0 Å². The molecule has 3 aromatic carbocycles. The smallest absolute Gasteiger partial charge is 0.258 e. The molecule has 1 aliphatic rings. The maximum Gasteiger partial charge on any atom is 0.258 e. The molecule has 0 fully saturated rings. The highest BCUT2D eigenvalue weighted by Gasteiger charge is 2.32. The monoisotopic (exact) mass is 372 g/mol. The molecule has 1 N–H and O–H groups in total. The fourth-order valence-corrected chi connectivity index (χ4v) is 3.49. The van der Waals surface area contributed by atoms with E-state index in [1.54, 1.807) is 0 Å². The zero-order valence-corrected chi connectivity index (χ0v) is 16.0. The maximum atomic E-state index is 13.3. The number of ether oxygens (including phenoxy) is 1. The van der Waals surface area contributed by atoms with Crippen molar-refractivity contribution in [1.82, 2.24) is 4.90 Å². The van der Waals surface area contributed by atoms with Crippen molar-refractivity contribution in [3.8, 4) is 5.75 Å². The highest BCUT2D eigenvalue weighted by Crippen LogP contribution is 2.35. The summed E-state index contributed by atoms with van der Waals surface area (Å²) in [5.74, 6) is 0.857. The van der Waals surface area contributed by atoms with E-state index in [1.165, 1.54) is 0 Å². The molecule has 0 radical (unpaired) electrons. The van der Waals surface area contributed by atoms with Crippen molar-refractivity contribution in [2.24, 2.45) is 0 Å². The Labute approximate surface area is 165 Å². The number of nitrogens with zero attached hydrogens (tertiary/aromatic N) is 1. The molecule has 0 aromatic heterocycles. The predicted octanol–water partition coefficient (Wildman–Crippen LogP) is 5.24. The fraction of sp³-hybridized carbons (Fsp3) is 0.208. The standard InChI is InChI=1S/C24H24N2O2/c1-2-15-28-20-12-8-11-19(16-20)23-25-22-14-7-6-13-21(22)24(27)26(23)17-18-9-4-3-5-10-18/h3-14,16,23,25H,2,15,17H2,1H3. The Bertz CT molecular complexity index is 956. The van der Waals surface area contributed by atoms with Crippen LogP contribution in [0.25, 0.3) is 0 Å². The van der Waals surface area contributed by atoms with Gasteiger partial charge in [-0.15, -0.1) is 0 Å². The lowest BCUT2D eigenvalue weighted by Crippen LogP contribution is -2.42. The second kappa shape index (κ2) is 8.17. The van der Waals surface area contributed by atoms with Gasteiger partial charge in [0.1, 0.15) is 11.9 Å². The van der Waals surface area contributed by atoms with Crippen molar-refractivity contribution in [2.75, 3.05) is 11.9 Å². The molecular formula is C24H24N2O2. The van der Waals surface area contributed by atoms with Gasteiger partial charge in [0.25, 0.3) is 5.91 Å². The average molecular weight is 372 g/mol. The van der Waals surface area contributed by atoms with Gasteiger partial charge in [-0.05, 0) is 41.8 Å². The zero-order chi connectivity index (χ0) is 19.3. The molecule has 0 spiro atoms. The van der Waals surface area contributed by atoms with E-state index in [0.717, 1.165) is 29.0 Å². The van der Waals surface area contributed by atoms with Crippen molar-refractivity contribution >= 4 is 11.6 Å². The molecule has 3 aromatic rings. The molecule has 4 heteroatoms. The van der Waals surface area contributed by atoms with Crippen molar-refractivity contribution in [3.63, 3.8) is 0 Å². The molecule has 1 atom stereocenters. The third-order valence-electron chi connectivity index (χ3n) is 4.86. The number of fused-ring (bicyclic) bond motifs is 1. The summed E-state index contributed by atoms with van der Waals surface area (Å²) >= 11 is 0. The maximum absolute atomic E-state index is 13.3. The Morgan fingerprint density at radius 3 is 2.57 bits per heavy atom. The molecule has 0 saturated carbocycles. The zero-order valence-electron chi connectivity index (χ0n) is 16.0. The number of carbonyl (C=O) groups is 1. The normalized spacial score (nSPS) is 15.7. The van der Waals surface area contributed by atoms with Gasteiger partial charge >= 0.3 is 0 Å².